The number of amides is 1. The highest BCUT2D eigenvalue weighted by Gasteiger charge is 2.52. The Bertz CT molecular complexity index is 473. The van der Waals surface area contributed by atoms with Gasteiger partial charge in [-0.05, 0) is 19.8 Å². The van der Waals surface area contributed by atoms with E-state index < -0.39 is 0 Å². The van der Waals surface area contributed by atoms with E-state index in [4.69, 9.17) is 4.74 Å². The van der Waals surface area contributed by atoms with Gasteiger partial charge in [-0.2, -0.15) is 5.10 Å². The van der Waals surface area contributed by atoms with Crippen molar-refractivity contribution < 1.29 is 9.53 Å². The zero-order chi connectivity index (χ0) is 16.2. The topological polar surface area (TPSA) is 60.2 Å². The maximum Gasteiger partial charge on any atom is 0.224 e. The van der Waals surface area contributed by atoms with Crippen LogP contribution in [0, 0.1) is 5.41 Å². The van der Waals surface area contributed by atoms with Gasteiger partial charge in [0, 0.05) is 31.0 Å². The van der Waals surface area contributed by atoms with Gasteiger partial charge >= 0.3 is 0 Å². The number of rotatable bonds is 8. The zero-order valence-electron chi connectivity index (χ0n) is 14.2. The lowest BCUT2D eigenvalue weighted by molar-refractivity contribution is -0.167. The van der Waals surface area contributed by atoms with Crippen LogP contribution in [0.3, 0.4) is 0 Å². The van der Waals surface area contributed by atoms with E-state index in [1.54, 1.807) is 11.0 Å². The van der Waals surface area contributed by atoms with Gasteiger partial charge in [0.15, 0.2) is 0 Å². The predicted molar refractivity (Wildman–Crippen MR) is 84.2 cm³/mol. The normalized spacial score (nSPS) is 23.1. The first-order valence-corrected chi connectivity index (χ1v) is 8.24. The van der Waals surface area contributed by atoms with Crippen LogP contribution in [0.5, 0.6) is 0 Å². The third kappa shape index (κ3) is 3.48. The van der Waals surface area contributed by atoms with Crippen LogP contribution in [0.25, 0.3) is 0 Å². The number of nitrogens with zero attached hydrogens (tertiary/aromatic N) is 4. The van der Waals surface area contributed by atoms with Crippen LogP contribution in [-0.2, 0) is 16.1 Å². The predicted octanol–water partition coefficient (Wildman–Crippen LogP) is 2.11. The lowest BCUT2D eigenvalue weighted by Crippen LogP contribution is -2.63. The summed E-state index contributed by atoms with van der Waals surface area (Å²) in [6.45, 7) is 10.7. The summed E-state index contributed by atoms with van der Waals surface area (Å²) in [5, 5.41) is 4.05. The van der Waals surface area contributed by atoms with Crippen molar-refractivity contribution in [3.63, 3.8) is 0 Å². The molecule has 2 rings (SSSR count). The van der Waals surface area contributed by atoms with Gasteiger partial charge in [-0.3, -0.25) is 9.48 Å². The van der Waals surface area contributed by atoms with E-state index in [1.807, 2.05) is 11.8 Å². The fourth-order valence-corrected chi connectivity index (χ4v) is 3.27. The SMILES string of the molecule is CCCN(C(=O)CCn1cncn1)[C@@H]1C[C@@H](OCC)C1(C)C. The minimum atomic E-state index is 0.0219. The Morgan fingerprint density at radius 2 is 2.23 bits per heavy atom. The first kappa shape index (κ1) is 16.9. The highest BCUT2D eigenvalue weighted by Crippen LogP contribution is 2.46. The highest BCUT2D eigenvalue weighted by molar-refractivity contribution is 5.76. The second kappa shape index (κ2) is 7.22. The van der Waals surface area contributed by atoms with Crippen molar-refractivity contribution in [3.05, 3.63) is 12.7 Å². The van der Waals surface area contributed by atoms with Crippen LogP contribution in [-0.4, -0.2) is 50.9 Å². The summed E-state index contributed by atoms with van der Waals surface area (Å²) >= 11 is 0. The number of aromatic nitrogens is 3. The Hall–Kier alpha value is -1.43. The standard InChI is InChI=1S/C16H28N4O2/c1-5-8-20(13-10-14(22-6-2)16(13,3)4)15(21)7-9-19-12-17-11-18-19/h11-14H,5-10H2,1-4H3/t13-,14-/m1/s1. The van der Waals surface area contributed by atoms with Crippen molar-refractivity contribution in [2.75, 3.05) is 13.2 Å². The molecule has 1 aliphatic carbocycles. The number of hydrogen-bond donors (Lipinski definition) is 0. The maximum atomic E-state index is 12.6. The monoisotopic (exact) mass is 308 g/mol. The molecule has 0 radical (unpaired) electrons. The van der Waals surface area contributed by atoms with Crippen LogP contribution in [0.4, 0.5) is 0 Å². The number of hydrogen-bond acceptors (Lipinski definition) is 4. The fraction of sp³-hybridized carbons (Fsp3) is 0.812. The van der Waals surface area contributed by atoms with Crippen molar-refractivity contribution >= 4 is 5.91 Å². The molecule has 0 N–H and O–H groups in total. The maximum absolute atomic E-state index is 12.6. The van der Waals surface area contributed by atoms with E-state index in [-0.39, 0.29) is 23.5 Å². The molecule has 0 aliphatic heterocycles. The number of ether oxygens (including phenoxy) is 1. The quantitative estimate of drug-likeness (QED) is 0.738. The molecule has 1 amide bonds. The molecular formula is C16H28N4O2. The van der Waals surface area contributed by atoms with Crippen molar-refractivity contribution in [1.29, 1.82) is 0 Å². The second-order valence-corrected chi connectivity index (χ2v) is 6.51. The molecule has 0 saturated heterocycles. The molecule has 1 heterocycles. The van der Waals surface area contributed by atoms with E-state index >= 15 is 0 Å². The number of aryl methyl sites for hydroxylation is 1. The minimum absolute atomic E-state index is 0.0219. The molecule has 0 spiro atoms. The van der Waals surface area contributed by atoms with Gasteiger partial charge in [-0.15, -0.1) is 0 Å². The Kier molecular flexibility index (Phi) is 5.56. The highest BCUT2D eigenvalue weighted by atomic mass is 16.5. The number of carbonyl (C=O) groups is 1. The summed E-state index contributed by atoms with van der Waals surface area (Å²) in [6, 6.07) is 0.271. The van der Waals surface area contributed by atoms with Gasteiger partial charge in [-0.25, -0.2) is 4.98 Å². The van der Waals surface area contributed by atoms with Crippen LogP contribution in [0.2, 0.25) is 0 Å². The van der Waals surface area contributed by atoms with E-state index in [0.29, 0.717) is 13.0 Å². The summed E-state index contributed by atoms with van der Waals surface area (Å²) in [5.74, 6) is 0.199. The molecule has 0 bridgehead atoms. The largest absolute Gasteiger partial charge is 0.378 e. The lowest BCUT2D eigenvalue weighted by Gasteiger charge is -2.55. The molecule has 22 heavy (non-hydrogen) atoms. The van der Waals surface area contributed by atoms with Crippen molar-refractivity contribution in [1.82, 2.24) is 19.7 Å². The Morgan fingerprint density at radius 1 is 1.45 bits per heavy atom. The van der Waals surface area contributed by atoms with Gasteiger partial charge in [0.1, 0.15) is 12.7 Å². The van der Waals surface area contributed by atoms with Crippen LogP contribution in [0.1, 0.15) is 47.0 Å². The molecule has 2 atom stereocenters. The van der Waals surface area contributed by atoms with Gasteiger partial charge in [-0.1, -0.05) is 20.8 Å². The van der Waals surface area contributed by atoms with E-state index in [2.05, 4.69) is 30.9 Å². The van der Waals surface area contributed by atoms with Crippen molar-refractivity contribution in [2.45, 2.75) is 65.6 Å². The molecule has 1 fully saturated rings. The summed E-state index contributed by atoms with van der Waals surface area (Å²) < 4.78 is 7.50. The molecule has 1 aromatic rings. The average molecular weight is 308 g/mol. The Balaban J connectivity index is 1.96. The molecular weight excluding hydrogens is 280 g/mol. The van der Waals surface area contributed by atoms with Crippen LogP contribution in [0.15, 0.2) is 12.7 Å². The molecule has 6 nitrogen and oxygen atoms in total. The summed E-state index contributed by atoms with van der Waals surface area (Å²) in [5.41, 5.74) is 0.0219. The molecule has 1 aliphatic rings. The van der Waals surface area contributed by atoms with Crippen molar-refractivity contribution in [2.24, 2.45) is 5.41 Å². The molecule has 0 unspecified atom stereocenters. The average Bonchev–Trinajstić information content (AvgIpc) is 3.00. The molecule has 1 saturated carbocycles. The molecule has 1 aromatic heterocycles. The molecule has 124 valence electrons. The minimum Gasteiger partial charge on any atom is -0.378 e. The van der Waals surface area contributed by atoms with Gasteiger partial charge in [0.25, 0.3) is 0 Å². The van der Waals surface area contributed by atoms with Crippen LogP contribution >= 0.6 is 0 Å². The van der Waals surface area contributed by atoms with E-state index in [1.165, 1.54) is 6.33 Å². The number of carbonyl (C=O) groups excluding carboxylic acids is 1. The van der Waals surface area contributed by atoms with Crippen molar-refractivity contribution in [3.8, 4) is 0 Å². The van der Waals surface area contributed by atoms with Crippen LogP contribution < -0.4 is 0 Å². The van der Waals surface area contributed by atoms with E-state index in [9.17, 15) is 4.79 Å². The van der Waals surface area contributed by atoms with E-state index in [0.717, 1.165) is 26.0 Å². The summed E-state index contributed by atoms with van der Waals surface area (Å²) in [6.07, 6.45) is 5.78. The first-order valence-electron chi connectivity index (χ1n) is 8.24. The third-order valence-electron chi connectivity index (χ3n) is 4.68. The summed E-state index contributed by atoms with van der Waals surface area (Å²) in [7, 11) is 0. The summed E-state index contributed by atoms with van der Waals surface area (Å²) in [4.78, 5) is 18.6. The van der Waals surface area contributed by atoms with Gasteiger partial charge < -0.3 is 9.64 Å². The van der Waals surface area contributed by atoms with Gasteiger partial charge in [0.2, 0.25) is 5.91 Å². The molecule has 0 aromatic carbocycles. The zero-order valence-corrected chi connectivity index (χ0v) is 14.2. The lowest BCUT2D eigenvalue weighted by atomic mass is 9.63. The fourth-order valence-electron chi connectivity index (χ4n) is 3.27. The first-order chi connectivity index (χ1) is 10.5. The van der Waals surface area contributed by atoms with Gasteiger partial charge in [0.05, 0.1) is 12.6 Å². The third-order valence-corrected chi connectivity index (χ3v) is 4.68. The smallest absolute Gasteiger partial charge is 0.224 e. The second-order valence-electron chi connectivity index (χ2n) is 6.51. The Labute approximate surface area is 132 Å². The Morgan fingerprint density at radius 3 is 2.77 bits per heavy atom. The molecule has 6 heteroatoms.